The van der Waals surface area contributed by atoms with Gasteiger partial charge in [-0.2, -0.15) is 0 Å². The second kappa shape index (κ2) is 9.30. The molecule has 4 rings (SSSR count). The zero-order chi connectivity index (χ0) is 21.6. The summed E-state index contributed by atoms with van der Waals surface area (Å²) in [5.74, 6) is -0.340. The Morgan fingerprint density at radius 3 is 2.45 bits per heavy atom. The monoisotopic (exact) mass is 411 g/mol. The van der Waals surface area contributed by atoms with Gasteiger partial charge >= 0.3 is 0 Å². The Balaban J connectivity index is 1.34. The molecule has 0 atom stereocenters. The van der Waals surface area contributed by atoms with Gasteiger partial charge < -0.3 is 15.2 Å². The maximum Gasteiger partial charge on any atom is 0.255 e. The van der Waals surface area contributed by atoms with Gasteiger partial charge in [-0.05, 0) is 60.7 Å². The molecule has 0 bridgehead atoms. The maximum atomic E-state index is 12.6. The summed E-state index contributed by atoms with van der Waals surface area (Å²) in [5.41, 5.74) is 3.85. The molecule has 0 saturated carbocycles. The number of nitrogens with zero attached hydrogens (tertiary/aromatic N) is 1. The molecular formula is C26H25N3O2. The van der Waals surface area contributed by atoms with Crippen LogP contribution in [0.4, 0.5) is 5.69 Å². The first-order valence-corrected chi connectivity index (χ1v) is 10.4. The molecule has 0 saturated heterocycles. The third kappa shape index (κ3) is 4.83. The summed E-state index contributed by atoms with van der Waals surface area (Å²) in [6.07, 6.45) is 2.90. The van der Waals surface area contributed by atoms with Gasteiger partial charge in [-0.3, -0.25) is 9.59 Å². The van der Waals surface area contributed by atoms with Crippen molar-refractivity contribution in [3.63, 3.8) is 0 Å². The molecule has 5 nitrogen and oxygen atoms in total. The number of nitrogens with one attached hydrogen (secondary N) is 2. The highest BCUT2D eigenvalue weighted by atomic mass is 16.2. The second-order valence-electron chi connectivity index (χ2n) is 7.53. The first-order chi connectivity index (χ1) is 15.1. The highest BCUT2D eigenvalue weighted by Crippen LogP contribution is 2.18. The third-order valence-corrected chi connectivity index (χ3v) is 5.33. The summed E-state index contributed by atoms with van der Waals surface area (Å²) in [6, 6.07) is 24.8. The minimum absolute atomic E-state index is 0.146. The molecular weight excluding hydrogens is 386 g/mol. The molecule has 5 heteroatoms. The largest absolute Gasteiger partial charge is 0.352 e. The Morgan fingerprint density at radius 2 is 1.61 bits per heavy atom. The Kier molecular flexibility index (Phi) is 6.13. The summed E-state index contributed by atoms with van der Waals surface area (Å²) in [6.45, 7) is 3.31. The fourth-order valence-corrected chi connectivity index (χ4v) is 3.57. The molecule has 0 aliphatic carbocycles. The van der Waals surface area contributed by atoms with E-state index in [-0.39, 0.29) is 11.8 Å². The summed E-state index contributed by atoms with van der Waals surface area (Å²) in [7, 11) is 0. The predicted molar refractivity (Wildman–Crippen MR) is 124 cm³/mol. The number of rotatable bonds is 7. The van der Waals surface area contributed by atoms with E-state index in [9.17, 15) is 9.59 Å². The molecule has 0 radical (unpaired) electrons. The molecule has 3 aromatic carbocycles. The van der Waals surface area contributed by atoms with E-state index in [1.165, 1.54) is 10.9 Å². The normalized spacial score (nSPS) is 10.7. The van der Waals surface area contributed by atoms with Gasteiger partial charge in [0, 0.05) is 41.6 Å². The van der Waals surface area contributed by atoms with E-state index in [2.05, 4.69) is 39.6 Å². The number of amides is 2. The van der Waals surface area contributed by atoms with Crippen molar-refractivity contribution >= 4 is 28.4 Å². The highest BCUT2D eigenvalue weighted by molar-refractivity contribution is 6.05. The zero-order valence-corrected chi connectivity index (χ0v) is 17.5. The lowest BCUT2D eigenvalue weighted by molar-refractivity contribution is 0.0951. The number of anilines is 1. The number of fused-ring (bicyclic) bond motifs is 1. The predicted octanol–water partition coefficient (Wildman–Crippen LogP) is 5.02. The average molecular weight is 412 g/mol. The van der Waals surface area contributed by atoms with Crippen LogP contribution in [0.3, 0.4) is 0 Å². The zero-order valence-electron chi connectivity index (χ0n) is 17.5. The van der Waals surface area contributed by atoms with E-state index in [4.69, 9.17) is 0 Å². The lowest BCUT2D eigenvalue weighted by Gasteiger charge is -2.11. The number of aryl methyl sites for hydroxylation is 2. The molecule has 0 unspecified atom stereocenters. The molecule has 0 aliphatic heterocycles. The molecule has 156 valence electrons. The van der Waals surface area contributed by atoms with Gasteiger partial charge in [0.15, 0.2) is 0 Å². The quantitative estimate of drug-likeness (QED) is 0.419. The van der Waals surface area contributed by atoms with Gasteiger partial charge in [0.2, 0.25) is 0 Å². The van der Waals surface area contributed by atoms with Crippen LogP contribution in [0.2, 0.25) is 0 Å². The van der Waals surface area contributed by atoms with Crippen molar-refractivity contribution in [3.05, 3.63) is 102 Å². The van der Waals surface area contributed by atoms with Crippen molar-refractivity contribution < 1.29 is 9.59 Å². The van der Waals surface area contributed by atoms with Crippen LogP contribution in [0.25, 0.3) is 10.9 Å². The number of hydrogen-bond acceptors (Lipinski definition) is 2. The fourth-order valence-electron chi connectivity index (χ4n) is 3.57. The van der Waals surface area contributed by atoms with Crippen molar-refractivity contribution in [3.8, 4) is 0 Å². The number of carbonyl (C=O) groups is 2. The van der Waals surface area contributed by atoms with Crippen molar-refractivity contribution in [1.82, 2.24) is 9.88 Å². The van der Waals surface area contributed by atoms with Crippen LogP contribution >= 0.6 is 0 Å². The smallest absolute Gasteiger partial charge is 0.255 e. The lowest BCUT2D eigenvalue weighted by Crippen LogP contribution is -2.25. The molecule has 2 N–H and O–H groups in total. The van der Waals surface area contributed by atoms with Crippen molar-refractivity contribution in [2.45, 2.75) is 19.9 Å². The number of para-hydroxylation sites is 1. The van der Waals surface area contributed by atoms with E-state index in [0.717, 1.165) is 18.5 Å². The van der Waals surface area contributed by atoms with Crippen molar-refractivity contribution in [1.29, 1.82) is 0 Å². The van der Waals surface area contributed by atoms with Gasteiger partial charge in [0.05, 0.1) is 0 Å². The number of aromatic nitrogens is 1. The first-order valence-electron chi connectivity index (χ1n) is 10.4. The van der Waals surface area contributed by atoms with Gasteiger partial charge in [0.1, 0.15) is 0 Å². The Bertz CT molecular complexity index is 1210. The SMILES string of the molecule is Cc1ccc(C(=O)NCCCn2ccc3ccccc32)cc1NC(=O)c1ccccc1. The van der Waals surface area contributed by atoms with Crippen LogP contribution in [0, 0.1) is 6.92 Å². The molecule has 0 aliphatic rings. The Morgan fingerprint density at radius 1 is 0.839 bits per heavy atom. The van der Waals surface area contributed by atoms with E-state index >= 15 is 0 Å². The van der Waals surface area contributed by atoms with E-state index in [1.54, 1.807) is 24.3 Å². The van der Waals surface area contributed by atoms with E-state index in [1.807, 2.05) is 43.3 Å². The van der Waals surface area contributed by atoms with E-state index in [0.29, 0.717) is 23.4 Å². The van der Waals surface area contributed by atoms with Gasteiger partial charge in [0.25, 0.3) is 11.8 Å². The Labute approximate surface area is 181 Å². The summed E-state index contributed by atoms with van der Waals surface area (Å²) in [5, 5.41) is 7.10. The van der Waals surface area contributed by atoms with Crippen LogP contribution in [-0.2, 0) is 6.54 Å². The number of carbonyl (C=O) groups excluding carboxylic acids is 2. The van der Waals surface area contributed by atoms with Crippen LogP contribution < -0.4 is 10.6 Å². The number of benzene rings is 3. The average Bonchev–Trinajstić information content (AvgIpc) is 3.21. The second-order valence-corrected chi connectivity index (χ2v) is 7.53. The summed E-state index contributed by atoms with van der Waals surface area (Å²) in [4.78, 5) is 25.1. The maximum absolute atomic E-state index is 12.6. The van der Waals surface area contributed by atoms with Gasteiger partial charge in [-0.15, -0.1) is 0 Å². The summed E-state index contributed by atoms with van der Waals surface area (Å²) < 4.78 is 2.20. The molecule has 2 amide bonds. The highest BCUT2D eigenvalue weighted by Gasteiger charge is 2.11. The minimum atomic E-state index is -0.194. The topological polar surface area (TPSA) is 63.1 Å². The van der Waals surface area contributed by atoms with Crippen molar-refractivity contribution in [2.75, 3.05) is 11.9 Å². The third-order valence-electron chi connectivity index (χ3n) is 5.33. The molecule has 0 spiro atoms. The first kappa shape index (κ1) is 20.4. The standard InChI is InChI=1S/C26H25N3O2/c1-19-12-13-22(18-23(19)28-26(31)21-9-3-2-4-10-21)25(30)27-15-7-16-29-17-14-20-8-5-6-11-24(20)29/h2-6,8-14,17-18H,7,15-16H2,1H3,(H,27,30)(H,28,31). The van der Waals surface area contributed by atoms with Gasteiger partial charge in [-0.25, -0.2) is 0 Å². The molecule has 0 fully saturated rings. The van der Waals surface area contributed by atoms with Crippen molar-refractivity contribution in [2.24, 2.45) is 0 Å². The minimum Gasteiger partial charge on any atom is -0.352 e. The molecule has 1 heterocycles. The molecule has 4 aromatic rings. The van der Waals surface area contributed by atoms with Crippen LogP contribution in [0.15, 0.2) is 85.1 Å². The summed E-state index contributed by atoms with van der Waals surface area (Å²) >= 11 is 0. The van der Waals surface area contributed by atoms with Gasteiger partial charge in [-0.1, -0.05) is 42.5 Å². The van der Waals surface area contributed by atoms with Crippen LogP contribution in [0.5, 0.6) is 0 Å². The number of hydrogen-bond donors (Lipinski definition) is 2. The van der Waals surface area contributed by atoms with Crippen LogP contribution in [0.1, 0.15) is 32.7 Å². The van der Waals surface area contributed by atoms with E-state index < -0.39 is 0 Å². The Hall–Kier alpha value is -3.86. The van der Waals surface area contributed by atoms with Crippen LogP contribution in [-0.4, -0.2) is 22.9 Å². The molecule has 31 heavy (non-hydrogen) atoms. The fraction of sp³-hybridized carbons (Fsp3) is 0.154. The lowest BCUT2D eigenvalue weighted by atomic mass is 10.1. The molecule has 1 aromatic heterocycles.